The van der Waals surface area contributed by atoms with Crippen LogP contribution in [-0.4, -0.2) is 80.9 Å². The largest absolute Gasteiger partial charge is 0.395 e. The van der Waals surface area contributed by atoms with Gasteiger partial charge in [-0.15, -0.1) is 0 Å². The van der Waals surface area contributed by atoms with Crippen LogP contribution in [0.3, 0.4) is 0 Å². The maximum atomic E-state index is 14.1. The number of ether oxygens (including phenoxy) is 1. The highest BCUT2D eigenvalue weighted by Gasteiger charge is 2.25. The molecule has 1 atom stereocenters. The summed E-state index contributed by atoms with van der Waals surface area (Å²) in [5.74, 6) is 0.145. The van der Waals surface area contributed by atoms with E-state index < -0.39 is 18.3 Å². The Kier molecular flexibility index (Phi) is 8.46. The smallest absolute Gasteiger partial charge is 0.296 e. The van der Waals surface area contributed by atoms with Crippen LogP contribution in [0.25, 0.3) is 16.9 Å². The summed E-state index contributed by atoms with van der Waals surface area (Å²) in [6.07, 6.45) is -2.84. The highest BCUT2D eigenvalue weighted by molar-refractivity contribution is 5.84. The van der Waals surface area contributed by atoms with Crippen molar-refractivity contribution in [3.8, 4) is 5.82 Å². The lowest BCUT2D eigenvalue weighted by Gasteiger charge is -2.29. The van der Waals surface area contributed by atoms with Gasteiger partial charge in [0.25, 0.3) is 6.43 Å². The number of para-hydroxylation sites is 2. The molecule has 0 radical (unpaired) electrons. The number of hydrogen-bond donors (Lipinski definition) is 2. The Bertz CT molecular complexity index is 1440. The fourth-order valence-electron chi connectivity index (χ4n) is 4.71. The van der Waals surface area contributed by atoms with Gasteiger partial charge in [-0.1, -0.05) is 42.5 Å². The van der Waals surface area contributed by atoms with E-state index in [0.29, 0.717) is 49.7 Å². The van der Waals surface area contributed by atoms with E-state index >= 15 is 0 Å². The van der Waals surface area contributed by atoms with Gasteiger partial charge in [0.1, 0.15) is 17.7 Å². The predicted molar refractivity (Wildman–Crippen MR) is 147 cm³/mol. The van der Waals surface area contributed by atoms with Gasteiger partial charge in [-0.05, 0) is 24.6 Å². The van der Waals surface area contributed by atoms with Crippen molar-refractivity contribution < 1.29 is 23.4 Å². The van der Waals surface area contributed by atoms with Crippen molar-refractivity contribution in [3.05, 3.63) is 72.1 Å². The number of rotatable bonds is 10. The van der Waals surface area contributed by atoms with E-state index in [4.69, 9.17) is 4.74 Å². The number of nitrogens with one attached hydrogen (secondary N) is 1. The van der Waals surface area contributed by atoms with E-state index in [1.54, 1.807) is 42.2 Å². The predicted octanol–water partition coefficient (Wildman–Crippen LogP) is 3.41. The van der Waals surface area contributed by atoms with Gasteiger partial charge in [-0.25, -0.2) is 13.8 Å². The molecule has 2 N–H and O–H groups in total. The van der Waals surface area contributed by atoms with E-state index in [9.17, 15) is 18.7 Å². The molecule has 4 aromatic rings. The third-order valence-corrected chi connectivity index (χ3v) is 6.66. The van der Waals surface area contributed by atoms with Crippen molar-refractivity contribution in [1.29, 1.82) is 0 Å². The van der Waals surface area contributed by atoms with Gasteiger partial charge in [-0.2, -0.15) is 9.97 Å². The first-order valence-electron chi connectivity index (χ1n) is 13.1. The maximum Gasteiger partial charge on any atom is 0.296 e. The molecule has 1 fully saturated rings. The minimum Gasteiger partial charge on any atom is -0.395 e. The second kappa shape index (κ2) is 12.3. The maximum absolute atomic E-state index is 14.1. The normalized spacial score (nSPS) is 14.5. The summed E-state index contributed by atoms with van der Waals surface area (Å²) in [5, 5.41) is 12.7. The monoisotopic (exact) mass is 551 g/mol. The molecular weight excluding hydrogens is 520 g/mol. The summed E-state index contributed by atoms with van der Waals surface area (Å²) in [4.78, 5) is 30.3. The van der Waals surface area contributed by atoms with Crippen molar-refractivity contribution in [2.24, 2.45) is 0 Å². The molecule has 2 aromatic heterocycles. The zero-order chi connectivity index (χ0) is 28.1. The number of anilines is 2. The number of amides is 1. The van der Waals surface area contributed by atoms with E-state index in [1.165, 1.54) is 4.57 Å². The number of benzene rings is 2. The molecule has 5 rings (SSSR count). The quantitative estimate of drug-likeness (QED) is 0.309. The van der Waals surface area contributed by atoms with Gasteiger partial charge in [0.2, 0.25) is 11.9 Å². The van der Waals surface area contributed by atoms with Gasteiger partial charge in [0, 0.05) is 32.2 Å². The van der Waals surface area contributed by atoms with Crippen molar-refractivity contribution in [2.45, 2.75) is 25.9 Å². The number of nitrogens with zero attached hydrogens (tertiary/aromatic N) is 6. The van der Waals surface area contributed by atoms with Crippen LogP contribution in [0.1, 0.15) is 24.7 Å². The van der Waals surface area contributed by atoms with Crippen molar-refractivity contribution in [1.82, 2.24) is 24.4 Å². The van der Waals surface area contributed by atoms with Gasteiger partial charge in [0.05, 0.1) is 30.9 Å². The zero-order valence-electron chi connectivity index (χ0n) is 22.1. The van der Waals surface area contributed by atoms with E-state index in [0.717, 1.165) is 5.56 Å². The topological polar surface area (TPSA) is 109 Å². The fraction of sp³-hybridized carbons (Fsp3) is 0.357. The first-order chi connectivity index (χ1) is 19.4. The van der Waals surface area contributed by atoms with Gasteiger partial charge < -0.3 is 25.0 Å². The van der Waals surface area contributed by atoms with Crippen molar-refractivity contribution in [3.63, 3.8) is 0 Å². The summed E-state index contributed by atoms with van der Waals surface area (Å²) < 4.78 is 35.0. The molecule has 3 heterocycles. The van der Waals surface area contributed by atoms with Crippen LogP contribution >= 0.6 is 0 Å². The Morgan fingerprint density at radius 1 is 1.05 bits per heavy atom. The number of imidazole rings is 1. The minimum absolute atomic E-state index is 0.112. The first-order valence-corrected chi connectivity index (χ1v) is 13.1. The van der Waals surface area contributed by atoms with Gasteiger partial charge in [0.15, 0.2) is 5.82 Å². The molecule has 0 unspecified atom stereocenters. The third-order valence-electron chi connectivity index (χ3n) is 6.66. The number of aromatic nitrogens is 4. The average molecular weight is 552 g/mol. The molecule has 0 aliphatic carbocycles. The number of aliphatic hydroxyl groups is 1. The third kappa shape index (κ3) is 6.02. The van der Waals surface area contributed by atoms with E-state index in [-0.39, 0.29) is 30.8 Å². The van der Waals surface area contributed by atoms with Crippen LogP contribution in [0.15, 0.2) is 60.7 Å². The van der Waals surface area contributed by atoms with Crippen LogP contribution < -0.4 is 10.2 Å². The highest BCUT2D eigenvalue weighted by Crippen LogP contribution is 2.29. The second-order valence-electron chi connectivity index (χ2n) is 9.44. The Balaban J connectivity index is 1.50. The summed E-state index contributed by atoms with van der Waals surface area (Å²) in [7, 11) is 0. The molecule has 0 spiro atoms. The second-order valence-corrected chi connectivity index (χ2v) is 9.44. The number of fused-ring (bicyclic) bond motifs is 1. The lowest BCUT2D eigenvalue weighted by atomic mass is 10.2. The zero-order valence-corrected chi connectivity index (χ0v) is 22.1. The Morgan fingerprint density at radius 3 is 2.48 bits per heavy atom. The summed E-state index contributed by atoms with van der Waals surface area (Å²) in [6, 6.07) is 17.2. The van der Waals surface area contributed by atoms with E-state index in [2.05, 4.69) is 20.3 Å². The minimum atomic E-state index is -2.84. The standard InChI is InChI=1S/C28H31F2N7O3/c1-19(27(39)36(11-14-38)18-20-7-3-2-4-8-20)31-28-33-23(35-12-15-40-16-13-35)17-24(34-28)37-22-10-6-5-9-21(22)32-26(37)25(29)30/h2-10,17,19,25,38H,11-16,18H2,1H3,(H,31,33,34)/t19-/m0/s1. The Labute approximate surface area is 230 Å². The number of alkyl halides is 2. The molecule has 0 bridgehead atoms. The van der Waals surface area contributed by atoms with Gasteiger partial charge in [-0.3, -0.25) is 9.36 Å². The summed E-state index contributed by atoms with van der Waals surface area (Å²) >= 11 is 0. The molecule has 1 aliphatic heterocycles. The number of halogens is 2. The first kappa shape index (κ1) is 27.4. The molecular formula is C28H31F2N7O3. The van der Waals surface area contributed by atoms with Crippen molar-refractivity contribution >= 4 is 28.7 Å². The SMILES string of the molecule is C[C@H](Nc1nc(N2CCOCC2)cc(-n2c(C(F)F)nc3ccccc32)n1)C(=O)N(CCO)Cc1ccccc1. The Hall–Kier alpha value is -4.16. The van der Waals surface area contributed by atoms with Crippen LogP contribution in [0.2, 0.25) is 0 Å². The van der Waals surface area contributed by atoms with E-state index in [1.807, 2.05) is 35.2 Å². The molecule has 0 saturated carbocycles. The molecule has 210 valence electrons. The number of carbonyl (C=O) groups is 1. The summed E-state index contributed by atoms with van der Waals surface area (Å²) in [6.45, 7) is 4.10. The van der Waals surface area contributed by atoms with Crippen LogP contribution in [0.4, 0.5) is 20.5 Å². The van der Waals surface area contributed by atoms with Crippen molar-refractivity contribution in [2.75, 3.05) is 49.7 Å². The molecule has 2 aromatic carbocycles. The molecule has 1 saturated heterocycles. The molecule has 1 aliphatic rings. The van der Waals surface area contributed by atoms with Crippen LogP contribution in [-0.2, 0) is 16.1 Å². The van der Waals surface area contributed by atoms with Crippen LogP contribution in [0.5, 0.6) is 0 Å². The van der Waals surface area contributed by atoms with Crippen LogP contribution in [0, 0.1) is 0 Å². The lowest BCUT2D eigenvalue weighted by molar-refractivity contribution is -0.132. The number of carbonyl (C=O) groups excluding carboxylic acids is 1. The highest BCUT2D eigenvalue weighted by atomic mass is 19.3. The van der Waals surface area contributed by atoms with Gasteiger partial charge >= 0.3 is 0 Å². The molecule has 40 heavy (non-hydrogen) atoms. The summed E-state index contributed by atoms with van der Waals surface area (Å²) in [5.41, 5.74) is 1.83. The molecule has 12 heteroatoms. The fourth-order valence-corrected chi connectivity index (χ4v) is 4.71. The number of hydrogen-bond acceptors (Lipinski definition) is 8. The Morgan fingerprint density at radius 2 is 1.75 bits per heavy atom. The number of aliphatic hydroxyl groups excluding tert-OH is 1. The number of morpholine rings is 1. The molecule has 1 amide bonds. The molecule has 10 nitrogen and oxygen atoms in total. The lowest BCUT2D eigenvalue weighted by Crippen LogP contribution is -2.42. The average Bonchev–Trinajstić information content (AvgIpc) is 3.38.